The SMILES string of the molecule is N#CN=C(N)N(CCCCCCOc1ccc(Cl)cc1)c1cc[n+](C(Cc2ccccc2)OC(=O)CCC(=O)O)cc1. The van der Waals surface area contributed by atoms with Gasteiger partial charge in [0.1, 0.15) is 5.75 Å². The van der Waals surface area contributed by atoms with Crippen LogP contribution in [-0.4, -0.2) is 36.2 Å². The lowest BCUT2D eigenvalue weighted by Gasteiger charge is -2.23. The van der Waals surface area contributed by atoms with E-state index in [1.54, 1.807) is 40.2 Å². The van der Waals surface area contributed by atoms with Gasteiger partial charge in [-0.05, 0) is 42.7 Å². The van der Waals surface area contributed by atoms with Crippen LogP contribution < -0.4 is 19.9 Å². The van der Waals surface area contributed by atoms with Crippen LogP contribution in [0.1, 0.15) is 50.3 Å². The second-order valence-corrected chi connectivity index (χ2v) is 9.91. The van der Waals surface area contributed by atoms with Crippen LogP contribution in [0.4, 0.5) is 5.69 Å². The number of aromatic nitrogens is 1. The highest BCUT2D eigenvalue weighted by molar-refractivity contribution is 6.30. The second-order valence-electron chi connectivity index (χ2n) is 9.47. The topological polar surface area (TPSA) is 142 Å². The Morgan fingerprint density at radius 2 is 1.69 bits per heavy atom. The van der Waals surface area contributed by atoms with Gasteiger partial charge in [0.05, 0.1) is 31.6 Å². The van der Waals surface area contributed by atoms with Gasteiger partial charge in [0.25, 0.3) is 0 Å². The molecule has 2 aromatic carbocycles. The van der Waals surface area contributed by atoms with Crippen molar-refractivity contribution in [1.82, 2.24) is 0 Å². The van der Waals surface area contributed by atoms with Crippen LogP contribution in [0.15, 0.2) is 84.1 Å². The molecule has 0 bridgehead atoms. The van der Waals surface area contributed by atoms with Crippen LogP contribution in [0.3, 0.4) is 0 Å². The first-order valence-electron chi connectivity index (χ1n) is 13.7. The van der Waals surface area contributed by atoms with Crippen LogP contribution in [-0.2, 0) is 20.7 Å². The Hall–Kier alpha value is -4.62. The van der Waals surface area contributed by atoms with E-state index in [0.29, 0.717) is 24.6 Å². The van der Waals surface area contributed by atoms with Gasteiger partial charge < -0.3 is 25.2 Å². The first-order valence-corrected chi connectivity index (χ1v) is 14.1. The number of rotatable bonds is 16. The molecule has 220 valence electrons. The summed E-state index contributed by atoms with van der Waals surface area (Å²) in [5, 5.41) is 18.7. The van der Waals surface area contributed by atoms with Crippen molar-refractivity contribution in [2.75, 3.05) is 18.1 Å². The lowest BCUT2D eigenvalue weighted by atomic mass is 10.1. The van der Waals surface area contributed by atoms with Gasteiger partial charge in [0.2, 0.25) is 12.2 Å². The van der Waals surface area contributed by atoms with Gasteiger partial charge in [-0.3, -0.25) is 9.59 Å². The minimum Gasteiger partial charge on any atom is -0.494 e. The summed E-state index contributed by atoms with van der Waals surface area (Å²) in [6.45, 7) is 1.16. The number of unbranched alkanes of at least 4 members (excludes halogenated alkanes) is 3. The summed E-state index contributed by atoms with van der Waals surface area (Å²) in [4.78, 5) is 28.8. The Balaban J connectivity index is 1.60. The van der Waals surface area contributed by atoms with Gasteiger partial charge in [-0.25, -0.2) is 0 Å². The molecule has 3 rings (SSSR count). The van der Waals surface area contributed by atoms with Crippen LogP contribution in [0.5, 0.6) is 5.75 Å². The van der Waals surface area contributed by atoms with E-state index in [9.17, 15) is 9.59 Å². The summed E-state index contributed by atoms with van der Waals surface area (Å²) in [6, 6.07) is 20.4. The van der Waals surface area contributed by atoms with Gasteiger partial charge in [-0.2, -0.15) is 9.83 Å². The molecule has 3 aromatic rings. The van der Waals surface area contributed by atoms with E-state index >= 15 is 0 Å². The molecule has 0 radical (unpaired) electrons. The second kappa shape index (κ2) is 17.3. The Bertz CT molecular complexity index is 1340. The third kappa shape index (κ3) is 11.1. The molecule has 42 heavy (non-hydrogen) atoms. The van der Waals surface area contributed by atoms with Crippen molar-refractivity contribution in [2.45, 2.75) is 51.2 Å². The molecule has 0 aliphatic carbocycles. The van der Waals surface area contributed by atoms with Crippen molar-refractivity contribution in [3.8, 4) is 11.9 Å². The summed E-state index contributed by atoms with van der Waals surface area (Å²) in [5.41, 5.74) is 7.80. The number of aliphatic imine (C=N–C) groups is 1. The van der Waals surface area contributed by atoms with Crippen molar-refractivity contribution in [3.63, 3.8) is 0 Å². The first kappa shape index (κ1) is 31.9. The van der Waals surface area contributed by atoms with E-state index in [2.05, 4.69) is 4.99 Å². The molecule has 1 heterocycles. The van der Waals surface area contributed by atoms with Crippen molar-refractivity contribution in [3.05, 3.63) is 89.7 Å². The van der Waals surface area contributed by atoms with E-state index in [4.69, 9.17) is 37.2 Å². The highest BCUT2D eigenvalue weighted by Crippen LogP contribution is 2.18. The maximum absolute atomic E-state index is 12.4. The number of nitrogens with zero attached hydrogens (tertiary/aromatic N) is 4. The van der Waals surface area contributed by atoms with Crippen molar-refractivity contribution >= 4 is 35.2 Å². The monoisotopic (exact) mass is 592 g/mol. The number of hydrogen-bond acceptors (Lipinski definition) is 6. The molecular weight excluding hydrogens is 558 g/mol. The van der Waals surface area contributed by atoms with E-state index in [1.807, 2.05) is 54.6 Å². The van der Waals surface area contributed by atoms with E-state index in [0.717, 1.165) is 42.7 Å². The fourth-order valence-corrected chi connectivity index (χ4v) is 4.31. The molecule has 0 saturated heterocycles. The molecule has 11 heteroatoms. The van der Waals surface area contributed by atoms with E-state index in [-0.39, 0.29) is 18.8 Å². The number of nitriles is 1. The summed E-state index contributed by atoms with van der Waals surface area (Å²) >= 11 is 5.90. The van der Waals surface area contributed by atoms with Gasteiger partial charge in [-0.15, -0.1) is 4.99 Å². The largest absolute Gasteiger partial charge is 0.494 e. The molecular formula is C31H35ClN5O5+. The summed E-state index contributed by atoms with van der Waals surface area (Å²) in [5.74, 6) is -0.789. The number of nitrogens with two attached hydrogens (primary N) is 1. The zero-order valence-electron chi connectivity index (χ0n) is 23.3. The molecule has 10 nitrogen and oxygen atoms in total. The number of esters is 1. The number of carbonyl (C=O) groups is 2. The standard InChI is InChI=1S/C31H34ClN5O5/c32-25-10-12-27(13-11-25)41-21-7-2-1-6-18-37(31(34)35-23-33)26-16-19-36(20-17-26)28(22-24-8-4-3-5-9-24)42-30(40)15-14-29(38)39/h3-5,8-13,16-17,19-20,28H,1-2,6-7,14-15,18,21-22H2,(H2-,34,35,38,39)/p+1. The van der Waals surface area contributed by atoms with Crippen LogP contribution >= 0.6 is 11.6 Å². The Morgan fingerprint density at radius 3 is 2.36 bits per heavy atom. The minimum absolute atomic E-state index is 0.0854. The maximum atomic E-state index is 12.4. The molecule has 1 unspecified atom stereocenters. The predicted octanol–water partition coefficient (Wildman–Crippen LogP) is 5.02. The summed E-state index contributed by atoms with van der Waals surface area (Å²) < 4.78 is 13.1. The van der Waals surface area contributed by atoms with Gasteiger partial charge in [-0.1, -0.05) is 54.8 Å². The number of carboxylic acids is 1. The molecule has 0 aliphatic heterocycles. The molecule has 0 spiro atoms. The average Bonchev–Trinajstić information content (AvgIpc) is 2.99. The summed E-state index contributed by atoms with van der Waals surface area (Å²) in [6.07, 6.45) is 8.04. The van der Waals surface area contributed by atoms with Crippen molar-refractivity contribution < 1.29 is 28.7 Å². The molecule has 1 atom stereocenters. The number of halogens is 1. The van der Waals surface area contributed by atoms with E-state index < -0.39 is 18.2 Å². The van der Waals surface area contributed by atoms with Crippen molar-refractivity contribution in [2.24, 2.45) is 10.7 Å². The number of benzene rings is 2. The predicted molar refractivity (Wildman–Crippen MR) is 159 cm³/mol. The number of anilines is 1. The lowest BCUT2D eigenvalue weighted by molar-refractivity contribution is -0.756. The minimum atomic E-state index is -1.06. The molecule has 0 aliphatic rings. The van der Waals surface area contributed by atoms with Crippen LogP contribution in [0.2, 0.25) is 5.02 Å². The van der Waals surface area contributed by atoms with Gasteiger partial charge in [0, 0.05) is 23.7 Å². The quantitative estimate of drug-likeness (QED) is 0.0589. The number of carbonyl (C=O) groups excluding carboxylic acids is 1. The number of hydrogen-bond donors (Lipinski definition) is 2. The Morgan fingerprint density at radius 1 is 1.00 bits per heavy atom. The number of carboxylic acid groups (broad SMARTS) is 1. The highest BCUT2D eigenvalue weighted by Gasteiger charge is 2.25. The fourth-order valence-electron chi connectivity index (χ4n) is 4.18. The molecule has 3 N–H and O–H groups in total. The smallest absolute Gasteiger partial charge is 0.311 e. The zero-order valence-corrected chi connectivity index (χ0v) is 24.0. The Kier molecular flexibility index (Phi) is 13.1. The zero-order chi connectivity index (χ0) is 30.2. The fraction of sp³-hybridized carbons (Fsp3) is 0.323. The number of ether oxygens (including phenoxy) is 2. The highest BCUT2D eigenvalue weighted by atomic mass is 35.5. The third-order valence-electron chi connectivity index (χ3n) is 6.34. The molecule has 0 amide bonds. The average molecular weight is 593 g/mol. The van der Waals surface area contributed by atoms with Crippen LogP contribution in [0, 0.1) is 11.5 Å². The molecule has 0 saturated carbocycles. The number of guanidine groups is 1. The van der Waals surface area contributed by atoms with E-state index in [1.165, 1.54) is 0 Å². The van der Waals surface area contributed by atoms with Gasteiger partial charge in [0.15, 0.2) is 12.4 Å². The molecule has 1 aromatic heterocycles. The number of pyridine rings is 1. The Labute approximate surface area is 250 Å². The third-order valence-corrected chi connectivity index (χ3v) is 6.59. The van der Waals surface area contributed by atoms with Crippen LogP contribution in [0.25, 0.3) is 0 Å². The first-order chi connectivity index (χ1) is 20.4. The van der Waals surface area contributed by atoms with Crippen molar-refractivity contribution in [1.29, 1.82) is 5.26 Å². The number of aliphatic carboxylic acids is 1. The molecule has 0 fully saturated rings. The lowest BCUT2D eigenvalue weighted by Crippen LogP contribution is -2.44. The normalized spacial score (nSPS) is 11.8. The van der Waals surface area contributed by atoms with Gasteiger partial charge >= 0.3 is 18.2 Å². The summed E-state index contributed by atoms with van der Waals surface area (Å²) in [7, 11) is 0. The maximum Gasteiger partial charge on any atom is 0.311 e.